The van der Waals surface area contributed by atoms with Crippen LogP contribution in [0.5, 0.6) is 5.75 Å². The molecule has 0 aliphatic carbocycles. The molecule has 4 heteroatoms. The lowest BCUT2D eigenvalue weighted by Gasteiger charge is -2.18. The van der Waals surface area contributed by atoms with E-state index in [9.17, 15) is 0 Å². The van der Waals surface area contributed by atoms with Gasteiger partial charge in [0.2, 0.25) is 0 Å². The van der Waals surface area contributed by atoms with Gasteiger partial charge in [-0.25, -0.2) is 0 Å². The number of ether oxygens (including phenoxy) is 1. The summed E-state index contributed by atoms with van der Waals surface area (Å²) >= 11 is 5.29. The molecule has 0 spiro atoms. The summed E-state index contributed by atoms with van der Waals surface area (Å²) in [5.74, 6) is 0.910. The normalized spacial score (nSPS) is 11.5. The molecule has 0 bridgehead atoms. The summed E-state index contributed by atoms with van der Waals surface area (Å²) < 4.78 is 5.80. The van der Waals surface area contributed by atoms with Crippen LogP contribution in [-0.2, 0) is 0 Å². The minimum absolute atomic E-state index is 0.119. The monoisotopic (exact) mass is 300 g/mol. The lowest BCUT2D eigenvalue weighted by atomic mass is 10.2. The molecule has 0 unspecified atom stereocenters. The van der Waals surface area contributed by atoms with Crippen LogP contribution in [-0.4, -0.2) is 17.8 Å². The molecule has 0 saturated heterocycles. The molecule has 0 saturated carbocycles. The van der Waals surface area contributed by atoms with E-state index in [2.05, 4.69) is 10.6 Å². The van der Waals surface area contributed by atoms with E-state index in [-0.39, 0.29) is 6.04 Å². The first-order valence-electron chi connectivity index (χ1n) is 6.96. The van der Waals surface area contributed by atoms with Gasteiger partial charge < -0.3 is 15.4 Å². The average molecular weight is 300 g/mol. The summed E-state index contributed by atoms with van der Waals surface area (Å²) in [5.41, 5.74) is 2.11. The van der Waals surface area contributed by atoms with Crippen molar-refractivity contribution in [2.45, 2.75) is 19.9 Å². The SMILES string of the molecule is Cc1ccccc1OC[C@@H](C)NC(=S)Nc1ccccc1. The van der Waals surface area contributed by atoms with Crippen LogP contribution in [0.2, 0.25) is 0 Å². The largest absolute Gasteiger partial charge is 0.491 e. The molecule has 0 heterocycles. The minimum Gasteiger partial charge on any atom is -0.491 e. The molecule has 2 rings (SSSR count). The van der Waals surface area contributed by atoms with Crippen molar-refractivity contribution in [3.63, 3.8) is 0 Å². The van der Waals surface area contributed by atoms with Gasteiger partial charge in [-0.1, -0.05) is 36.4 Å². The van der Waals surface area contributed by atoms with Gasteiger partial charge in [-0.2, -0.15) is 0 Å². The molecule has 0 aliphatic heterocycles. The third kappa shape index (κ3) is 5.08. The highest BCUT2D eigenvalue weighted by Crippen LogP contribution is 2.16. The van der Waals surface area contributed by atoms with Crippen molar-refractivity contribution in [3.05, 3.63) is 60.2 Å². The summed E-state index contributed by atoms with van der Waals surface area (Å²) in [6.07, 6.45) is 0. The Kier molecular flexibility index (Phi) is 5.58. The van der Waals surface area contributed by atoms with Crippen molar-refractivity contribution in [2.24, 2.45) is 0 Å². The third-order valence-corrected chi connectivity index (χ3v) is 3.21. The number of nitrogens with one attached hydrogen (secondary N) is 2. The molecule has 2 aromatic carbocycles. The van der Waals surface area contributed by atoms with Crippen molar-refractivity contribution < 1.29 is 4.74 Å². The van der Waals surface area contributed by atoms with Crippen LogP contribution in [0, 0.1) is 6.92 Å². The maximum atomic E-state index is 5.80. The lowest BCUT2D eigenvalue weighted by Crippen LogP contribution is -2.39. The molecule has 21 heavy (non-hydrogen) atoms. The Labute approximate surface area is 131 Å². The number of aryl methyl sites for hydroxylation is 1. The van der Waals surface area contributed by atoms with Crippen LogP contribution in [0.1, 0.15) is 12.5 Å². The van der Waals surface area contributed by atoms with E-state index in [1.54, 1.807) is 0 Å². The number of benzene rings is 2. The topological polar surface area (TPSA) is 33.3 Å². The van der Waals surface area contributed by atoms with Gasteiger partial charge in [0.15, 0.2) is 5.11 Å². The Bertz CT molecular complexity index is 586. The van der Waals surface area contributed by atoms with Crippen molar-refractivity contribution in [3.8, 4) is 5.75 Å². The number of hydrogen-bond donors (Lipinski definition) is 2. The fourth-order valence-corrected chi connectivity index (χ4v) is 2.21. The maximum absolute atomic E-state index is 5.80. The highest BCUT2D eigenvalue weighted by molar-refractivity contribution is 7.80. The standard InChI is InChI=1S/C17H20N2OS/c1-13-8-6-7-11-16(13)20-12-14(2)18-17(21)19-15-9-4-3-5-10-15/h3-11,14H,12H2,1-2H3,(H2,18,19,21)/t14-/m1/s1. The van der Waals surface area contributed by atoms with Gasteiger partial charge in [0.25, 0.3) is 0 Å². The highest BCUT2D eigenvalue weighted by atomic mass is 32.1. The Morgan fingerprint density at radius 3 is 2.48 bits per heavy atom. The summed E-state index contributed by atoms with van der Waals surface area (Å²) in [7, 11) is 0. The van der Waals surface area contributed by atoms with Gasteiger partial charge in [0, 0.05) is 5.69 Å². The van der Waals surface area contributed by atoms with Crippen LogP contribution < -0.4 is 15.4 Å². The predicted molar refractivity (Wildman–Crippen MR) is 91.9 cm³/mol. The van der Waals surface area contributed by atoms with E-state index in [0.29, 0.717) is 11.7 Å². The van der Waals surface area contributed by atoms with E-state index in [1.165, 1.54) is 0 Å². The average Bonchev–Trinajstić information content (AvgIpc) is 2.47. The lowest BCUT2D eigenvalue weighted by molar-refractivity contribution is 0.285. The molecule has 2 aromatic rings. The molecule has 110 valence electrons. The first-order valence-corrected chi connectivity index (χ1v) is 7.37. The first kappa shape index (κ1) is 15.3. The van der Waals surface area contributed by atoms with Gasteiger partial charge in [-0.15, -0.1) is 0 Å². The summed E-state index contributed by atoms with van der Waals surface area (Å²) in [6, 6.07) is 18.0. The number of hydrogen-bond acceptors (Lipinski definition) is 2. The van der Waals surface area contributed by atoms with E-state index in [0.717, 1.165) is 17.0 Å². The first-order chi connectivity index (χ1) is 10.1. The van der Waals surface area contributed by atoms with Crippen molar-refractivity contribution in [2.75, 3.05) is 11.9 Å². The van der Waals surface area contributed by atoms with Crippen LogP contribution in [0.25, 0.3) is 0 Å². The van der Waals surface area contributed by atoms with E-state index < -0.39 is 0 Å². The molecule has 2 N–H and O–H groups in total. The molecule has 1 atom stereocenters. The molecule has 3 nitrogen and oxygen atoms in total. The number of para-hydroxylation sites is 2. The zero-order valence-electron chi connectivity index (χ0n) is 12.3. The van der Waals surface area contributed by atoms with Crippen LogP contribution in [0.3, 0.4) is 0 Å². The van der Waals surface area contributed by atoms with Crippen LogP contribution in [0.4, 0.5) is 5.69 Å². The highest BCUT2D eigenvalue weighted by Gasteiger charge is 2.06. The van der Waals surface area contributed by atoms with E-state index >= 15 is 0 Å². The van der Waals surface area contributed by atoms with Gasteiger partial charge in [-0.3, -0.25) is 0 Å². The minimum atomic E-state index is 0.119. The van der Waals surface area contributed by atoms with Crippen LogP contribution in [0.15, 0.2) is 54.6 Å². The zero-order valence-corrected chi connectivity index (χ0v) is 13.1. The van der Waals surface area contributed by atoms with Gasteiger partial charge in [-0.05, 0) is 49.8 Å². The molecule has 0 aromatic heterocycles. The van der Waals surface area contributed by atoms with Crippen molar-refractivity contribution in [1.82, 2.24) is 5.32 Å². The van der Waals surface area contributed by atoms with Crippen molar-refractivity contribution in [1.29, 1.82) is 0 Å². The molecule has 0 radical (unpaired) electrons. The molecule has 0 amide bonds. The Balaban J connectivity index is 1.78. The Hall–Kier alpha value is -2.07. The van der Waals surface area contributed by atoms with E-state index in [4.69, 9.17) is 17.0 Å². The molecule has 0 fully saturated rings. The van der Waals surface area contributed by atoms with Crippen molar-refractivity contribution >= 4 is 23.0 Å². The summed E-state index contributed by atoms with van der Waals surface area (Å²) in [6.45, 7) is 4.63. The molecule has 0 aliphatic rings. The smallest absolute Gasteiger partial charge is 0.171 e. The fourth-order valence-electron chi connectivity index (χ4n) is 1.89. The zero-order chi connectivity index (χ0) is 15.1. The van der Waals surface area contributed by atoms with Gasteiger partial charge in [0.1, 0.15) is 12.4 Å². The number of anilines is 1. The predicted octanol–water partition coefficient (Wildman–Crippen LogP) is 3.75. The second-order valence-corrected chi connectivity index (χ2v) is 5.35. The summed E-state index contributed by atoms with van der Waals surface area (Å²) in [4.78, 5) is 0. The molecular formula is C17H20N2OS. The van der Waals surface area contributed by atoms with Gasteiger partial charge >= 0.3 is 0 Å². The third-order valence-electron chi connectivity index (χ3n) is 2.99. The number of thiocarbonyl (C=S) groups is 1. The number of rotatable bonds is 5. The fraction of sp³-hybridized carbons (Fsp3) is 0.235. The second-order valence-electron chi connectivity index (χ2n) is 4.94. The Morgan fingerprint density at radius 1 is 1.10 bits per heavy atom. The maximum Gasteiger partial charge on any atom is 0.171 e. The summed E-state index contributed by atoms with van der Waals surface area (Å²) in [5, 5.41) is 6.96. The van der Waals surface area contributed by atoms with Crippen LogP contribution >= 0.6 is 12.2 Å². The molecular weight excluding hydrogens is 280 g/mol. The quantitative estimate of drug-likeness (QED) is 0.824. The van der Waals surface area contributed by atoms with Gasteiger partial charge in [0.05, 0.1) is 6.04 Å². The Morgan fingerprint density at radius 2 is 1.76 bits per heavy atom. The second kappa shape index (κ2) is 7.64. The van der Waals surface area contributed by atoms with E-state index in [1.807, 2.05) is 68.4 Å².